The smallest absolute Gasteiger partial charge is 0.150 e. The third kappa shape index (κ3) is 2.77. The molecule has 140 valence electrons. The third-order valence-electron chi connectivity index (χ3n) is 5.13. The molecule has 1 atom stereocenters. The standard InChI is InChI=1S/C20H19N7O/c1-25-11-16(9-22-25)14-6-18(20-15(7-21)8-24-27(20)12-14)17-10-23-26(13-17)19-4-2-3-5-28-19/h6,8-13,19H,2-5H2,1H3. The van der Waals surface area contributed by atoms with Crippen LogP contribution in [0.2, 0.25) is 0 Å². The molecular formula is C20H19N7O. The van der Waals surface area contributed by atoms with Gasteiger partial charge in [-0.3, -0.25) is 4.68 Å². The molecule has 0 amide bonds. The van der Waals surface area contributed by atoms with Gasteiger partial charge in [-0.2, -0.15) is 20.6 Å². The van der Waals surface area contributed by atoms with E-state index in [9.17, 15) is 5.26 Å². The molecule has 0 aromatic carbocycles. The van der Waals surface area contributed by atoms with Crippen molar-refractivity contribution in [2.75, 3.05) is 6.61 Å². The summed E-state index contributed by atoms with van der Waals surface area (Å²) in [4.78, 5) is 0. The summed E-state index contributed by atoms with van der Waals surface area (Å²) < 4.78 is 11.2. The molecule has 5 rings (SSSR count). The Kier molecular flexibility index (Phi) is 3.95. The molecule has 0 radical (unpaired) electrons. The van der Waals surface area contributed by atoms with Gasteiger partial charge in [-0.25, -0.2) is 9.20 Å². The SMILES string of the molecule is Cn1cc(-c2cc(-c3cnn(C4CCCCO4)c3)c3c(C#N)cnn3c2)cn1. The molecule has 1 unspecified atom stereocenters. The first-order valence-electron chi connectivity index (χ1n) is 9.29. The summed E-state index contributed by atoms with van der Waals surface area (Å²) in [5.41, 5.74) is 5.13. The van der Waals surface area contributed by atoms with Crippen LogP contribution in [-0.2, 0) is 11.8 Å². The van der Waals surface area contributed by atoms with E-state index >= 15 is 0 Å². The number of fused-ring (bicyclic) bond motifs is 1. The van der Waals surface area contributed by atoms with Crippen molar-refractivity contribution in [3.8, 4) is 28.3 Å². The molecule has 5 heterocycles. The minimum absolute atomic E-state index is 0.0274. The lowest BCUT2D eigenvalue weighted by Crippen LogP contribution is -2.18. The van der Waals surface area contributed by atoms with Gasteiger partial charge in [-0.1, -0.05) is 0 Å². The first-order chi connectivity index (χ1) is 13.7. The fourth-order valence-electron chi connectivity index (χ4n) is 3.72. The van der Waals surface area contributed by atoms with E-state index in [1.807, 2.05) is 42.7 Å². The van der Waals surface area contributed by atoms with Crippen LogP contribution in [0.1, 0.15) is 31.1 Å². The first kappa shape index (κ1) is 16.7. The molecule has 4 aromatic rings. The predicted octanol–water partition coefficient (Wildman–Crippen LogP) is 3.17. The maximum atomic E-state index is 9.54. The van der Waals surface area contributed by atoms with E-state index in [0.29, 0.717) is 5.56 Å². The minimum Gasteiger partial charge on any atom is -0.357 e. The van der Waals surface area contributed by atoms with Gasteiger partial charge >= 0.3 is 0 Å². The highest BCUT2D eigenvalue weighted by Gasteiger charge is 2.19. The van der Waals surface area contributed by atoms with Crippen molar-refractivity contribution < 1.29 is 4.74 Å². The molecule has 0 aliphatic carbocycles. The van der Waals surface area contributed by atoms with Gasteiger partial charge in [0.1, 0.15) is 12.3 Å². The van der Waals surface area contributed by atoms with E-state index in [0.717, 1.165) is 53.6 Å². The van der Waals surface area contributed by atoms with E-state index in [1.165, 1.54) is 0 Å². The molecule has 0 N–H and O–H groups in total. The maximum Gasteiger partial charge on any atom is 0.150 e. The van der Waals surface area contributed by atoms with E-state index in [1.54, 1.807) is 15.4 Å². The second kappa shape index (κ2) is 6.62. The van der Waals surface area contributed by atoms with Crippen molar-refractivity contribution in [3.63, 3.8) is 0 Å². The average Bonchev–Trinajstić information content (AvgIpc) is 3.47. The number of nitrogens with zero attached hydrogens (tertiary/aromatic N) is 7. The van der Waals surface area contributed by atoms with Gasteiger partial charge in [-0.05, 0) is 25.3 Å². The zero-order valence-corrected chi connectivity index (χ0v) is 15.5. The molecule has 8 nitrogen and oxygen atoms in total. The second-order valence-corrected chi connectivity index (χ2v) is 7.04. The molecule has 28 heavy (non-hydrogen) atoms. The highest BCUT2D eigenvalue weighted by molar-refractivity contribution is 5.87. The van der Waals surface area contributed by atoms with Crippen molar-refractivity contribution in [3.05, 3.63) is 48.8 Å². The van der Waals surface area contributed by atoms with Crippen molar-refractivity contribution in [1.29, 1.82) is 5.26 Å². The lowest BCUT2D eigenvalue weighted by Gasteiger charge is -2.22. The zero-order valence-electron chi connectivity index (χ0n) is 15.5. The minimum atomic E-state index is -0.0274. The summed E-state index contributed by atoms with van der Waals surface area (Å²) in [6.45, 7) is 0.766. The topological polar surface area (TPSA) is 86.0 Å². The highest BCUT2D eigenvalue weighted by Crippen LogP contribution is 2.32. The predicted molar refractivity (Wildman–Crippen MR) is 102 cm³/mol. The van der Waals surface area contributed by atoms with Crippen LogP contribution >= 0.6 is 0 Å². The van der Waals surface area contributed by atoms with E-state index < -0.39 is 0 Å². The Morgan fingerprint density at radius 3 is 2.68 bits per heavy atom. The van der Waals surface area contributed by atoms with Gasteiger partial charge in [0.25, 0.3) is 0 Å². The number of hydrogen-bond donors (Lipinski definition) is 0. The van der Waals surface area contributed by atoms with E-state index in [-0.39, 0.29) is 6.23 Å². The van der Waals surface area contributed by atoms with Crippen molar-refractivity contribution in [2.24, 2.45) is 7.05 Å². The third-order valence-corrected chi connectivity index (χ3v) is 5.13. The summed E-state index contributed by atoms with van der Waals surface area (Å²) in [7, 11) is 1.89. The van der Waals surface area contributed by atoms with E-state index in [4.69, 9.17) is 4.74 Å². The Hall–Kier alpha value is -3.44. The van der Waals surface area contributed by atoms with Crippen LogP contribution < -0.4 is 0 Å². The Labute approximate surface area is 161 Å². The summed E-state index contributed by atoms with van der Waals surface area (Å²) in [5.74, 6) is 0. The Morgan fingerprint density at radius 2 is 1.93 bits per heavy atom. The van der Waals surface area contributed by atoms with Gasteiger partial charge in [0.15, 0.2) is 0 Å². The Balaban J connectivity index is 1.66. The van der Waals surface area contributed by atoms with Gasteiger partial charge in [-0.15, -0.1) is 0 Å². The molecule has 1 fully saturated rings. The first-order valence-corrected chi connectivity index (χ1v) is 9.29. The molecule has 0 bridgehead atoms. The summed E-state index contributed by atoms with van der Waals surface area (Å²) in [6, 6.07) is 4.31. The van der Waals surface area contributed by atoms with Gasteiger partial charge in [0, 0.05) is 54.5 Å². The number of aromatic nitrogens is 6. The lowest BCUT2D eigenvalue weighted by molar-refractivity contribution is -0.0394. The van der Waals surface area contributed by atoms with Gasteiger partial charge < -0.3 is 4.74 Å². The quantitative estimate of drug-likeness (QED) is 0.551. The van der Waals surface area contributed by atoms with Gasteiger partial charge in [0.2, 0.25) is 0 Å². The lowest BCUT2D eigenvalue weighted by atomic mass is 10.0. The molecule has 1 saturated heterocycles. The Bertz CT molecular complexity index is 1190. The second-order valence-electron chi connectivity index (χ2n) is 7.04. The van der Waals surface area contributed by atoms with Crippen molar-refractivity contribution in [2.45, 2.75) is 25.5 Å². The fourth-order valence-corrected chi connectivity index (χ4v) is 3.72. The molecule has 1 aliphatic heterocycles. The Morgan fingerprint density at radius 1 is 1.04 bits per heavy atom. The largest absolute Gasteiger partial charge is 0.357 e. The van der Waals surface area contributed by atoms with Crippen LogP contribution in [-0.4, -0.2) is 35.8 Å². The van der Waals surface area contributed by atoms with Crippen LogP contribution in [0.25, 0.3) is 27.8 Å². The normalized spacial score (nSPS) is 17.1. The monoisotopic (exact) mass is 373 g/mol. The van der Waals surface area contributed by atoms with Crippen molar-refractivity contribution >= 4 is 5.52 Å². The molecule has 4 aromatic heterocycles. The summed E-state index contributed by atoms with van der Waals surface area (Å²) in [6.07, 6.45) is 14.3. The average molecular weight is 373 g/mol. The number of aryl methyl sites for hydroxylation is 1. The number of pyridine rings is 1. The molecule has 1 aliphatic rings. The molecular weight excluding hydrogens is 354 g/mol. The van der Waals surface area contributed by atoms with Crippen LogP contribution in [0.5, 0.6) is 0 Å². The van der Waals surface area contributed by atoms with Crippen LogP contribution in [0.3, 0.4) is 0 Å². The number of rotatable bonds is 3. The zero-order chi connectivity index (χ0) is 19.1. The number of nitriles is 1. The van der Waals surface area contributed by atoms with Gasteiger partial charge in [0.05, 0.1) is 29.7 Å². The van der Waals surface area contributed by atoms with E-state index in [2.05, 4.69) is 27.4 Å². The van der Waals surface area contributed by atoms with Crippen LogP contribution in [0.4, 0.5) is 0 Å². The fraction of sp³-hybridized carbons (Fsp3) is 0.300. The van der Waals surface area contributed by atoms with Crippen LogP contribution in [0.15, 0.2) is 43.2 Å². The summed E-state index contributed by atoms with van der Waals surface area (Å²) >= 11 is 0. The summed E-state index contributed by atoms with van der Waals surface area (Å²) in [5, 5.41) is 22.7. The maximum absolute atomic E-state index is 9.54. The number of hydrogen-bond acceptors (Lipinski definition) is 5. The number of ether oxygens (including phenoxy) is 1. The molecule has 0 spiro atoms. The molecule has 8 heteroatoms. The van der Waals surface area contributed by atoms with Crippen LogP contribution in [0, 0.1) is 11.3 Å². The highest BCUT2D eigenvalue weighted by atomic mass is 16.5. The molecule has 0 saturated carbocycles. The van der Waals surface area contributed by atoms with Crippen molar-refractivity contribution in [1.82, 2.24) is 29.2 Å².